The SMILES string of the molecule is C[C@H]1C(=O)N(CC[C@@H](C=O)N2CC[C@@]3(C[C@@H]3O)[C@H](O)C2)CCN1C(=O)OCc1ccccc1. The molecule has 4 rings (SSSR count). The van der Waals surface area contributed by atoms with Crippen molar-refractivity contribution in [2.45, 2.75) is 57.1 Å². The summed E-state index contributed by atoms with van der Waals surface area (Å²) in [7, 11) is 0. The van der Waals surface area contributed by atoms with Crippen molar-refractivity contribution < 1.29 is 29.3 Å². The Kier molecular flexibility index (Phi) is 7.02. The second-order valence-corrected chi connectivity index (χ2v) is 9.44. The molecule has 9 heteroatoms. The van der Waals surface area contributed by atoms with Crippen LogP contribution < -0.4 is 0 Å². The number of piperidine rings is 1. The molecule has 2 aliphatic heterocycles. The Morgan fingerprint density at radius 3 is 2.58 bits per heavy atom. The van der Waals surface area contributed by atoms with Crippen molar-refractivity contribution in [2.75, 3.05) is 32.7 Å². The first kappa shape index (κ1) is 23.7. The Balaban J connectivity index is 1.25. The van der Waals surface area contributed by atoms with Gasteiger partial charge in [0.25, 0.3) is 0 Å². The van der Waals surface area contributed by atoms with Gasteiger partial charge in [-0.2, -0.15) is 0 Å². The Labute approximate surface area is 193 Å². The molecular weight excluding hydrogens is 426 g/mol. The number of rotatable bonds is 7. The molecule has 1 spiro atoms. The lowest BCUT2D eigenvalue weighted by atomic mass is 9.89. The lowest BCUT2D eigenvalue weighted by molar-refractivity contribution is -0.140. The number of aliphatic hydroxyl groups excluding tert-OH is 2. The molecule has 180 valence electrons. The van der Waals surface area contributed by atoms with E-state index in [4.69, 9.17) is 4.74 Å². The molecule has 2 N–H and O–H groups in total. The summed E-state index contributed by atoms with van der Waals surface area (Å²) >= 11 is 0. The monoisotopic (exact) mass is 459 g/mol. The summed E-state index contributed by atoms with van der Waals surface area (Å²) in [6.45, 7) is 4.00. The summed E-state index contributed by atoms with van der Waals surface area (Å²) in [5.41, 5.74) is 0.495. The maximum absolute atomic E-state index is 12.9. The summed E-state index contributed by atoms with van der Waals surface area (Å²) in [5, 5.41) is 20.3. The van der Waals surface area contributed by atoms with Gasteiger partial charge in [0.1, 0.15) is 18.9 Å². The van der Waals surface area contributed by atoms with Crippen LogP contribution in [0.5, 0.6) is 0 Å². The Morgan fingerprint density at radius 1 is 1.21 bits per heavy atom. The Bertz CT molecular complexity index is 867. The van der Waals surface area contributed by atoms with Gasteiger partial charge < -0.3 is 24.6 Å². The highest BCUT2D eigenvalue weighted by molar-refractivity contribution is 5.86. The molecule has 0 bridgehead atoms. The second-order valence-electron chi connectivity index (χ2n) is 9.44. The summed E-state index contributed by atoms with van der Waals surface area (Å²) in [6.07, 6.45) is 1.03. The van der Waals surface area contributed by atoms with Gasteiger partial charge in [-0.3, -0.25) is 14.6 Å². The zero-order valence-electron chi connectivity index (χ0n) is 19.0. The van der Waals surface area contributed by atoms with E-state index in [1.165, 1.54) is 4.90 Å². The minimum atomic E-state index is -0.643. The minimum absolute atomic E-state index is 0.155. The molecule has 1 aromatic carbocycles. The number of carbonyl (C=O) groups is 3. The number of aldehydes is 1. The van der Waals surface area contributed by atoms with E-state index in [-0.39, 0.29) is 17.9 Å². The van der Waals surface area contributed by atoms with Crippen molar-refractivity contribution in [1.82, 2.24) is 14.7 Å². The fourth-order valence-electron chi connectivity index (χ4n) is 5.07. The molecule has 5 atom stereocenters. The zero-order valence-corrected chi connectivity index (χ0v) is 19.0. The van der Waals surface area contributed by atoms with E-state index in [9.17, 15) is 24.6 Å². The zero-order chi connectivity index (χ0) is 23.6. The normalized spacial score (nSPS) is 30.9. The number of likely N-dealkylation sites (tertiary alicyclic amines) is 1. The van der Waals surface area contributed by atoms with Crippen LogP contribution in [0.2, 0.25) is 0 Å². The molecule has 1 aromatic rings. The van der Waals surface area contributed by atoms with Gasteiger partial charge in [-0.15, -0.1) is 0 Å². The van der Waals surface area contributed by atoms with Gasteiger partial charge in [0, 0.05) is 31.6 Å². The van der Waals surface area contributed by atoms with Crippen LogP contribution in [0, 0.1) is 5.41 Å². The standard InChI is InChI=1S/C24H33N3O6/c1-17-22(31)25(11-12-27(17)23(32)33-16-18-5-3-2-4-6-18)9-7-19(15-28)26-10-8-24(13-20(24)29)21(30)14-26/h2-6,15,17,19-21,29-30H,7-14,16H2,1H3/t17-,19-,20-,21+,24-/m0/s1. The number of hydrogen-bond donors (Lipinski definition) is 2. The van der Waals surface area contributed by atoms with Gasteiger partial charge in [0.2, 0.25) is 5.91 Å². The lowest BCUT2D eigenvalue weighted by Gasteiger charge is -2.41. The number of benzene rings is 1. The molecule has 2 amide bonds. The van der Waals surface area contributed by atoms with E-state index in [1.807, 2.05) is 35.2 Å². The van der Waals surface area contributed by atoms with Crippen molar-refractivity contribution in [3.05, 3.63) is 35.9 Å². The smallest absolute Gasteiger partial charge is 0.410 e. The minimum Gasteiger partial charge on any atom is -0.445 e. The van der Waals surface area contributed by atoms with E-state index in [2.05, 4.69) is 0 Å². The maximum atomic E-state index is 12.9. The highest BCUT2D eigenvalue weighted by Crippen LogP contribution is 2.54. The van der Waals surface area contributed by atoms with Gasteiger partial charge in [0.15, 0.2) is 0 Å². The van der Waals surface area contributed by atoms with Crippen molar-refractivity contribution in [3.63, 3.8) is 0 Å². The van der Waals surface area contributed by atoms with E-state index in [1.54, 1.807) is 11.8 Å². The van der Waals surface area contributed by atoms with Crippen molar-refractivity contribution in [1.29, 1.82) is 0 Å². The van der Waals surface area contributed by atoms with Crippen molar-refractivity contribution in [2.24, 2.45) is 5.41 Å². The maximum Gasteiger partial charge on any atom is 0.410 e. The quantitative estimate of drug-likeness (QED) is 0.576. The molecule has 3 aliphatic rings. The molecule has 0 radical (unpaired) electrons. The first-order chi connectivity index (χ1) is 15.9. The molecule has 3 fully saturated rings. The topological polar surface area (TPSA) is 111 Å². The molecule has 1 saturated carbocycles. The molecular formula is C24H33N3O6. The molecule has 2 saturated heterocycles. The van der Waals surface area contributed by atoms with Crippen LogP contribution >= 0.6 is 0 Å². The molecule has 1 aliphatic carbocycles. The van der Waals surface area contributed by atoms with Crippen LogP contribution in [0.1, 0.15) is 31.7 Å². The van der Waals surface area contributed by atoms with E-state index >= 15 is 0 Å². The summed E-state index contributed by atoms with van der Waals surface area (Å²) < 4.78 is 5.38. The highest BCUT2D eigenvalue weighted by Gasteiger charge is 2.60. The van der Waals surface area contributed by atoms with Gasteiger partial charge in [-0.25, -0.2) is 4.79 Å². The van der Waals surface area contributed by atoms with Gasteiger partial charge in [-0.05, 0) is 38.3 Å². The molecule has 0 unspecified atom stereocenters. The van der Waals surface area contributed by atoms with Crippen LogP contribution in [0.25, 0.3) is 0 Å². The third-order valence-corrected chi connectivity index (χ3v) is 7.52. The van der Waals surface area contributed by atoms with Crippen LogP contribution in [-0.4, -0.2) is 100 Å². The van der Waals surface area contributed by atoms with Crippen molar-refractivity contribution >= 4 is 18.3 Å². The number of β-amino-alcohol motifs (C(OH)–C–C–N with tert-alkyl or cyclic N) is 1. The third kappa shape index (κ3) is 4.90. The predicted octanol–water partition coefficient (Wildman–Crippen LogP) is 0.631. The first-order valence-electron chi connectivity index (χ1n) is 11.7. The van der Waals surface area contributed by atoms with Crippen molar-refractivity contribution in [3.8, 4) is 0 Å². The third-order valence-electron chi connectivity index (χ3n) is 7.52. The van der Waals surface area contributed by atoms with Crippen LogP contribution in [-0.2, 0) is 20.9 Å². The molecule has 0 aromatic heterocycles. The second kappa shape index (κ2) is 9.79. The number of aliphatic hydroxyl groups is 2. The molecule has 9 nitrogen and oxygen atoms in total. The average molecular weight is 460 g/mol. The number of carbonyl (C=O) groups excluding carboxylic acids is 3. The summed E-state index contributed by atoms with van der Waals surface area (Å²) in [6, 6.07) is 8.35. The van der Waals surface area contributed by atoms with Crippen LogP contribution in [0.4, 0.5) is 4.79 Å². The average Bonchev–Trinajstić information content (AvgIpc) is 3.48. The Morgan fingerprint density at radius 2 is 1.94 bits per heavy atom. The number of piperazine rings is 1. The number of hydrogen-bond acceptors (Lipinski definition) is 7. The van der Waals surface area contributed by atoms with E-state index in [0.29, 0.717) is 52.0 Å². The van der Waals surface area contributed by atoms with Crippen LogP contribution in [0.3, 0.4) is 0 Å². The van der Waals surface area contributed by atoms with Gasteiger partial charge >= 0.3 is 6.09 Å². The first-order valence-corrected chi connectivity index (χ1v) is 11.7. The number of nitrogens with zero attached hydrogens (tertiary/aromatic N) is 3. The fraction of sp³-hybridized carbons (Fsp3) is 0.625. The van der Waals surface area contributed by atoms with Gasteiger partial charge in [0.05, 0.1) is 18.2 Å². The van der Waals surface area contributed by atoms with Crippen LogP contribution in [0.15, 0.2) is 30.3 Å². The number of ether oxygens (including phenoxy) is 1. The molecule has 33 heavy (non-hydrogen) atoms. The lowest BCUT2D eigenvalue weighted by Crippen LogP contribution is -2.58. The number of amides is 2. The summed E-state index contributed by atoms with van der Waals surface area (Å²) in [5.74, 6) is -0.165. The van der Waals surface area contributed by atoms with E-state index in [0.717, 1.165) is 11.8 Å². The fourth-order valence-corrected chi connectivity index (χ4v) is 5.07. The summed E-state index contributed by atoms with van der Waals surface area (Å²) in [4.78, 5) is 42.2. The predicted molar refractivity (Wildman–Crippen MR) is 119 cm³/mol. The Hall–Kier alpha value is -2.49. The largest absolute Gasteiger partial charge is 0.445 e. The van der Waals surface area contributed by atoms with E-state index < -0.39 is 30.4 Å². The van der Waals surface area contributed by atoms with Gasteiger partial charge in [-0.1, -0.05) is 30.3 Å². The highest BCUT2D eigenvalue weighted by atomic mass is 16.6. The molecule has 2 heterocycles.